The molecule has 0 radical (unpaired) electrons. The Morgan fingerprint density at radius 3 is 2.70 bits per heavy atom. The fourth-order valence-electron chi connectivity index (χ4n) is 1.78. The average molecular weight is 338 g/mol. The smallest absolute Gasteiger partial charge is 0.320 e. The van der Waals surface area contributed by atoms with E-state index in [9.17, 15) is 4.79 Å². The monoisotopic (exact) mass is 337 g/mol. The van der Waals surface area contributed by atoms with Crippen molar-refractivity contribution in [1.82, 2.24) is 14.9 Å². The van der Waals surface area contributed by atoms with Gasteiger partial charge in [-0.15, -0.1) is 0 Å². The number of aromatic amines is 1. The van der Waals surface area contributed by atoms with E-state index < -0.39 is 12.0 Å². The number of aromatic nitrogens is 2. The Morgan fingerprint density at radius 1 is 1.45 bits per heavy atom. The lowest BCUT2D eigenvalue weighted by atomic mass is 10.2. The van der Waals surface area contributed by atoms with Gasteiger partial charge in [0, 0.05) is 4.47 Å². The molecule has 2 rings (SSSR count). The van der Waals surface area contributed by atoms with E-state index in [4.69, 9.17) is 5.11 Å². The van der Waals surface area contributed by atoms with E-state index in [0.29, 0.717) is 6.54 Å². The van der Waals surface area contributed by atoms with Crippen LogP contribution in [0.1, 0.15) is 12.7 Å². The van der Waals surface area contributed by atoms with Crippen LogP contribution in [0, 0.1) is 0 Å². The molecule has 2 aromatic rings. The highest BCUT2D eigenvalue weighted by Gasteiger charge is 2.17. The molecule has 2 N–H and O–H groups in total. The van der Waals surface area contributed by atoms with Crippen molar-refractivity contribution in [2.75, 3.05) is 7.05 Å². The average Bonchev–Trinajstić information content (AvgIpc) is 2.87. The number of carboxylic acids is 1. The molecule has 0 aliphatic carbocycles. The van der Waals surface area contributed by atoms with Crippen LogP contribution in [0.15, 0.2) is 34.9 Å². The van der Waals surface area contributed by atoms with Gasteiger partial charge in [0.2, 0.25) is 0 Å². The van der Waals surface area contributed by atoms with Gasteiger partial charge in [-0.05, 0) is 31.7 Å². The molecule has 1 atom stereocenters. The Bertz CT molecular complexity index is 595. The van der Waals surface area contributed by atoms with Crippen LogP contribution >= 0.6 is 15.9 Å². The maximum absolute atomic E-state index is 10.9. The fourth-order valence-corrected chi connectivity index (χ4v) is 2.05. The molecule has 0 saturated carbocycles. The number of aliphatic carboxylic acids is 1. The molecule has 5 nitrogen and oxygen atoms in total. The van der Waals surface area contributed by atoms with Crippen LogP contribution < -0.4 is 0 Å². The summed E-state index contributed by atoms with van der Waals surface area (Å²) < 4.78 is 1.02. The number of likely N-dealkylation sites (N-methyl/N-ethyl adjacent to an activating group) is 1. The predicted molar refractivity (Wildman–Crippen MR) is 80.3 cm³/mol. The van der Waals surface area contributed by atoms with E-state index in [2.05, 4.69) is 25.9 Å². The van der Waals surface area contributed by atoms with Crippen molar-refractivity contribution in [1.29, 1.82) is 0 Å². The van der Waals surface area contributed by atoms with Crippen molar-refractivity contribution >= 4 is 21.9 Å². The van der Waals surface area contributed by atoms with Gasteiger partial charge >= 0.3 is 5.97 Å². The van der Waals surface area contributed by atoms with Crippen molar-refractivity contribution in [2.24, 2.45) is 0 Å². The second kappa shape index (κ2) is 6.19. The zero-order valence-corrected chi connectivity index (χ0v) is 12.9. The highest BCUT2D eigenvalue weighted by Crippen LogP contribution is 2.20. The number of rotatable bonds is 5. The molecule has 0 saturated heterocycles. The number of carbonyl (C=O) groups is 1. The van der Waals surface area contributed by atoms with Crippen LogP contribution in [0.5, 0.6) is 0 Å². The Kier molecular flexibility index (Phi) is 4.57. The lowest BCUT2D eigenvalue weighted by Gasteiger charge is -2.19. The van der Waals surface area contributed by atoms with E-state index in [1.165, 1.54) is 0 Å². The van der Waals surface area contributed by atoms with Crippen molar-refractivity contribution in [2.45, 2.75) is 19.5 Å². The first-order chi connectivity index (χ1) is 9.47. The highest BCUT2D eigenvalue weighted by molar-refractivity contribution is 9.10. The summed E-state index contributed by atoms with van der Waals surface area (Å²) in [6, 6.07) is 7.37. The number of imidazole rings is 1. The molecular weight excluding hydrogens is 322 g/mol. The summed E-state index contributed by atoms with van der Waals surface area (Å²) in [5.74, 6) is -0.0919. The maximum Gasteiger partial charge on any atom is 0.320 e. The van der Waals surface area contributed by atoms with Gasteiger partial charge in [0.05, 0.1) is 18.4 Å². The minimum atomic E-state index is -0.841. The molecule has 0 aliphatic heterocycles. The number of nitrogens with zero attached hydrogens (tertiary/aromatic N) is 2. The first-order valence-electron chi connectivity index (χ1n) is 6.20. The van der Waals surface area contributed by atoms with E-state index in [-0.39, 0.29) is 0 Å². The summed E-state index contributed by atoms with van der Waals surface area (Å²) in [6.07, 6.45) is 1.76. The third-order valence-electron chi connectivity index (χ3n) is 3.20. The number of halogens is 1. The molecule has 0 amide bonds. The Hall–Kier alpha value is -1.66. The zero-order valence-electron chi connectivity index (χ0n) is 11.3. The minimum absolute atomic E-state index is 0.462. The van der Waals surface area contributed by atoms with Gasteiger partial charge in [-0.3, -0.25) is 9.69 Å². The number of carboxylic acid groups (broad SMARTS) is 1. The maximum atomic E-state index is 10.9. The van der Waals surface area contributed by atoms with Crippen LogP contribution in [0.3, 0.4) is 0 Å². The van der Waals surface area contributed by atoms with Crippen LogP contribution in [0.4, 0.5) is 0 Å². The molecule has 0 unspecified atom stereocenters. The third-order valence-corrected chi connectivity index (χ3v) is 3.73. The topological polar surface area (TPSA) is 69.2 Å². The number of benzene rings is 1. The first kappa shape index (κ1) is 14.7. The van der Waals surface area contributed by atoms with Crippen molar-refractivity contribution in [3.05, 3.63) is 40.8 Å². The zero-order chi connectivity index (χ0) is 14.7. The third kappa shape index (κ3) is 3.46. The van der Waals surface area contributed by atoms with Gasteiger partial charge in [0.25, 0.3) is 0 Å². The Balaban J connectivity index is 2.09. The van der Waals surface area contributed by atoms with E-state index in [0.717, 1.165) is 21.6 Å². The molecule has 1 aromatic heterocycles. The van der Waals surface area contributed by atoms with Crippen LogP contribution in [0.2, 0.25) is 0 Å². The lowest BCUT2D eigenvalue weighted by molar-refractivity contribution is -0.142. The van der Waals surface area contributed by atoms with Gasteiger partial charge in [-0.2, -0.15) is 0 Å². The molecule has 0 fully saturated rings. The second-order valence-electron chi connectivity index (χ2n) is 4.68. The fraction of sp³-hybridized carbons (Fsp3) is 0.286. The van der Waals surface area contributed by atoms with Gasteiger partial charge < -0.3 is 10.1 Å². The Labute approximate surface area is 125 Å². The summed E-state index contributed by atoms with van der Waals surface area (Å²) in [6.45, 7) is 2.12. The molecule has 0 aliphatic rings. The number of hydrogen-bond acceptors (Lipinski definition) is 3. The molecule has 6 heteroatoms. The molecule has 1 heterocycles. The Morgan fingerprint density at radius 2 is 2.10 bits per heavy atom. The number of hydrogen-bond donors (Lipinski definition) is 2. The van der Waals surface area contributed by atoms with E-state index >= 15 is 0 Å². The lowest BCUT2D eigenvalue weighted by Crippen LogP contribution is -2.35. The van der Waals surface area contributed by atoms with Crippen molar-refractivity contribution < 1.29 is 9.90 Å². The van der Waals surface area contributed by atoms with Crippen LogP contribution in [-0.4, -0.2) is 39.0 Å². The van der Waals surface area contributed by atoms with Crippen molar-refractivity contribution in [3.63, 3.8) is 0 Å². The van der Waals surface area contributed by atoms with E-state index in [1.54, 1.807) is 25.1 Å². The summed E-state index contributed by atoms with van der Waals surface area (Å²) in [5.41, 5.74) is 1.96. The van der Waals surface area contributed by atoms with Gasteiger partial charge in [0.1, 0.15) is 11.9 Å². The van der Waals surface area contributed by atoms with Gasteiger partial charge in [0.15, 0.2) is 0 Å². The van der Waals surface area contributed by atoms with Crippen molar-refractivity contribution in [3.8, 4) is 11.3 Å². The van der Waals surface area contributed by atoms with Crippen LogP contribution in [0.25, 0.3) is 11.3 Å². The normalized spacial score (nSPS) is 12.6. The number of H-pyrrole nitrogens is 1. The highest BCUT2D eigenvalue weighted by atomic mass is 79.9. The second-order valence-corrected chi connectivity index (χ2v) is 5.60. The largest absolute Gasteiger partial charge is 0.480 e. The summed E-state index contributed by atoms with van der Waals surface area (Å²) >= 11 is 3.40. The predicted octanol–water partition coefficient (Wildman–Crippen LogP) is 2.74. The molecular formula is C14H16BrN3O2. The molecule has 1 aromatic carbocycles. The standard InChI is InChI=1S/C14H16BrN3O2/c1-9(14(19)20)18(2)8-13-16-7-12(17-13)10-3-5-11(15)6-4-10/h3-7,9H,8H2,1-2H3,(H,16,17)(H,19,20)/t9-/m0/s1. The molecule has 106 valence electrons. The molecule has 0 bridgehead atoms. The number of nitrogens with one attached hydrogen (secondary N) is 1. The molecule has 0 spiro atoms. The summed E-state index contributed by atoms with van der Waals surface area (Å²) in [7, 11) is 1.76. The van der Waals surface area contributed by atoms with E-state index in [1.807, 2.05) is 24.3 Å². The summed E-state index contributed by atoms with van der Waals surface area (Å²) in [4.78, 5) is 20.1. The first-order valence-corrected chi connectivity index (χ1v) is 6.99. The molecule has 20 heavy (non-hydrogen) atoms. The minimum Gasteiger partial charge on any atom is -0.480 e. The summed E-state index contributed by atoms with van der Waals surface area (Å²) in [5, 5.41) is 8.96. The van der Waals surface area contributed by atoms with Gasteiger partial charge in [-0.25, -0.2) is 4.98 Å². The van der Waals surface area contributed by atoms with Crippen LogP contribution in [-0.2, 0) is 11.3 Å². The van der Waals surface area contributed by atoms with Gasteiger partial charge in [-0.1, -0.05) is 28.1 Å². The quantitative estimate of drug-likeness (QED) is 0.880. The SMILES string of the molecule is C[C@@H](C(=O)O)N(C)Cc1ncc(-c2ccc(Br)cc2)[nH]1.